The molecule has 16 heavy (non-hydrogen) atoms. The van der Waals surface area contributed by atoms with Crippen LogP contribution < -0.4 is 0 Å². The van der Waals surface area contributed by atoms with Crippen LogP contribution in [0.25, 0.3) is 0 Å². The van der Waals surface area contributed by atoms with Gasteiger partial charge in [0.1, 0.15) is 0 Å². The third kappa shape index (κ3) is 3.48. The number of hydrogen-bond donors (Lipinski definition) is 0. The minimum Gasteiger partial charge on any atom is -0.0891 e. The highest BCUT2D eigenvalue weighted by Gasteiger charge is 2.29. The highest BCUT2D eigenvalue weighted by molar-refractivity contribution is 9.09. The number of halogens is 1. The van der Waals surface area contributed by atoms with E-state index >= 15 is 0 Å². The van der Waals surface area contributed by atoms with Crippen LogP contribution in [-0.2, 0) is 0 Å². The van der Waals surface area contributed by atoms with Gasteiger partial charge in [0, 0.05) is 4.83 Å². The molecule has 0 saturated heterocycles. The van der Waals surface area contributed by atoms with E-state index in [1.807, 2.05) is 0 Å². The molecule has 0 aromatic rings. The third-order valence-electron chi connectivity index (χ3n) is 4.96. The molecule has 0 aromatic heterocycles. The normalized spacial score (nSPS) is 40.9. The Morgan fingerprint density at radius 1 is 0.812 bits per heavy atom. The maximum absolute atomic E-state index is 3.77. The van der Waals surface area contributed by atoms with E-state index in [4.69, 9.17) is 0 Å². The SMILES string of the molecule is CCC[C@H]1CC[C@@H]([C@H]2CC[C@H](Br)CC2)CC1. The molecule has 0 radical (unpaired) electrons. The van der Waals surface area contributed by atoms with Crippen molar-refractivity contribution in [1.29, 1.82) is 0 Å². The predicted molar refractivity (Wildman–Crippen MR) is 75.0 cm³/mol. The molecule has 0 heterocycles. The first-order valence-corrected chi connectivity index (χ1v) is 8.35. The van der Waals surface area contributed by atoms with Crippen LogP contribution in [0.4, 0.5) is 0 Å². The van der Waals surface area contributed by atoms with Gasteiger partial charge in [0.25, 0.3) is 0 Å². The zero-order chi connectivity index (χ0) is 11.4. The van der Waals surface area contributed by atoms with E-state index in [9.17, 15) is 0 Å². The first-order chi connectivity index (χ1) is 7.79. The van der Waals surface area contributed by atoms with Crippen LogP contribution in [0.15, 0.2) is 0 Å². The Bertz CT molecular complexity index is 186. The van der Waals surface area contributed by atoms with Crippen LogP contribution in [0.5, 0.6) is 0 Å². The van der Waals surface area contributed by atoms with E-state index in [0.29, 0.717) is 0 Å². The van der Waals surface area contributed by atoms with Gasteiger partial charge < -0.3 is 0 Å². The summed E-state index contributed by atoms with van der Waals surface area (Å²) in [6.07, 6.45) is 14.9. The first kappa shape index (κ1) is 12.9. The number of alkyl halides is 1. The topological polar surface area (TPSA) is 0 Å². The monoisotopic (exact) mass is 286 g/mol. The molecule has 2 rings (SSSR count). The van der Waals surface area contributed by atoms with Crippen molar-refractivity contribution in [3.05, 3.63) is 0 Å². The molecule has 0 N–H and O–H groups in total. The van der Waals surface area contributed by atoms with Crippen LogP contribution in [0.2, 0.25) is 0 Å². The Hall–Kier alpha value is 0.480. The zero-order valence-corrected chi connectivity index (χ0v) is 12.3. The fourth-order valence-corrected chi connectivity index (χ4v) is 4.44. The Morgan fingerprint density at radius 2 is 1.31 bits per heavy atom. The molecule has 2 aliphatic rings. The second-order valence-electron chi connectivity index (χ2n) is 6.08. The summed E-state index contributed by atoms with van der Waals surface area (Å²) < 4.78 is 0. The van der Waals surface area contributed by atoms with E-state index in [-0.39, 0.29) is 0 Å². The van der Waals surface area contributed by atoms with E-state index in [1.165, 1.54) is 51.4 Å². The molecule has 0 unspecified atom stereocenters. The lowest BCUT2D eigenvalue weighted by Crippen LogP contribution is -2.25. The van der Waals surface area contributed by atoms with Crippen molar-refractivity contribution < 1.29 is 0 Å². The standard InChI is InChI=1S/C15H27Br/c1-2-3-12-4-6-13(7-5-12)14-8-10-15(16)11-9-14/h12-15H,2-11H2,1H3/t12-,13+,14-,15-. The Labute approximate surface area is 110 Å². The van der Waals surface area contributed by atoms with Gasteiger partial charge in [0.05, 0.1) is 0 Å². The van der Waals surface area contributed by atoms with Crippen molar-refractivity contribution in [2.75, 3.05) is 0 Å². The van der Waals surface area contributed by atoms with Crippen LogP contribution in [-0.4, -0.2) is 4.83 Å². The summed E-state index contributed by atoms with van der Waals surface area (Å²) in [4.78, 5) is 0.834. The van der Waals surface area contributed by atoms with Crippen molar-refractivity contribution in [1.82, 2.24) is 0 Å². The summed E-state index contributed by atoms with van der Waals surface area (Å²) in [7, 11) is 0. The van der Waals surface area contributed by atoms with Crippen LogP contribution in [0, 0.1) is 17.8 Å². The summed E-state index contributed by atoms with van der Waals surface area (Å²) in [5, 5.41) is 0. The van der Waals surface area contributed by atoms with Crippen LogP contribution in [0.1, 0.15) is 71.1 Å². The van der Waals surface area contributed by atoms with Crippen molar-refractivity contribution in [3.63, 3.8) is 0 Å². The molecule has 1 heteroatoms. The fourth-order valence-electron chi connectivity index (χ4n) is 3.91. The molecule has 0 aromatic carbocycles. The highest BCUT2D eigenvalue weighted by atomic mass is 79.9. The second kappa shape index (κ2) is 6.42. The summed E-state index contributed by atoms with van der Waals surface area (Å²) in [5.41, 5.74) is 0. The minimum absolute atomic E-state index is 0.834. The minimum atomic E-state index is 0.834. The molecule has 2 aliphatic carbocycles. The fraction of sp³-hybridized carbons (Fsp3) is 1.00. The summed E-state index contributed by atoms with van der Waals surface area (Å²) in [6.45, 7) is 2.34. The number of rotatable bonds is 3. The van der Waals surface area contributed by atoms with Gasteiger partial charge in [-0.05, 0) is 56.3 Å². The van der Waals surface area contributed by atoms with Gasteiger partial charge in [0.2, 0.25) is 0 Å². The lowest BCUT2D eigenvalue weighted by atomic mass is 9.70. The average molecular weight is 287 g/mol. The molecule has 0 bridgehead atoms. The molecule has 0 atom stereocenters. The second-order valence-corrected chi connectivity index (χ2v) is 7.38. The lowest BCUT2D eigenvalue weighted by molar-refractivity contribution is 0.165. The van der Waals surface area contributed by atoms with Gasteiger partial charge in [-0.25, -0.2) is 0 Å². The molecule has 0 nitrogen and oxygen atoms in total. The highest BCUT2D eigenvalue weighted by Crippen LogP contribution is 2.41. The number of hydrogen-bond acceptors (Lipinski definition) is 0. The van der Waals surface area contributed by atoms with E-state index in [2.05, 4.69) is 22.9 Å². The van der Waals surface area contributed by atoms with Gasteiger partial charge >= 0.3 is 0 Å². The van der Waals surface area contributed by atoms with Gasteiger partial charge in [-0.3, -0.25) is 0 Å². The smallest absolute Gasteiger partial charge is 0.0146 e. The molecular weight excluding hydrogens is 260 g/mol. The Balaban J connectivity index is 1.72. The molecule has 94 valence electrons. The van der Waals surface area contributed by atoms with Gasteiger partial charge in [0.15, 0.2) is 0 Å². The molecule has 0 amide bonds. The van der Waals surface area contributed by atoms with Crippen LogP contribution >= 0.6 is 15.9 Å². The third-order valence-corrected chi connectivity index (χ3v) is 5.87. The van der Waals surface area contributed by atoms with Crippen molar-refractivity contribution >= 4 is 15.9 Å². The van der Waals surface area contributed by atoms with E-state index in [1.54, 1.807) is 12.8 Å². The zero-order valence-electron chi connectivity index (χ0n) is 10.8. The Kier molecular flexibility index (Phi) is 5.19. The average Bonchev–Trinajstić information content (AvgIpc) is 2.32. The van der Waals surface area contributed by atoms with Gasteiger partial charge in [-0.15, -0.1) is 0 Å². The first-order valence-electron chi connectivity index (χ1n) is 7.43. The molecular formula is C15H27Br. The predicted octanol–water partition coefficient (Wildman–Crippen LogP) is 5.55. The quantitative estimate of drug-likeness (QED) is 0.597. The van der Waals surface area contributed by atoms with Gasteiger partial charge in [-0.2, -0.15) is 0 Å². The molecule has 0 spiro atoms. The molecule has 2 fully saturated rings. The van der Waals surface area contributed by atoms with Crippen molar-refractivity contribution in [2.24, 2.45) is 17.8 Å². The Morgan fingerprint density at radius 3 is 1.81 bits per heavy atom. The van der Waals surface area contributed by atoms with E-state index in [0.717, 1.165) is 22.6 Å². The van der Waals surface area contributed by atoms with Gasteiger partial charge in [-0.1, -0.05) is 48.5 Å². The largest absolute Gasteiger partial charge is 0.0891 e. The maximum atomic E-state index is 3.77. The van der Waals surface area contributed by atoms with Crippen molar-refractivity contribution in [3.8, 4) is 0 Å². The van der Waals surface area contributed by atoms with Crippen LogP contribution in [0.3, 0.4) is 0 Å². The summed E-state index contributed by atoms with van der Waals surface area (Å²) in [5.74, 6) is 3.25. The molecule has 2 saturated carbocycles. The van der Waals surface area contributed by atoms with E-state index < -0.39 is 0 Å². The lowest BCUT2D eigenvalue weighted by Gasteiger charge is -2.36. The summed E-state index contributed by atoms with van der Waals surface area (Å²) in [6, 6.07) is 0. The maximum Gasteiger partial charge on any atom is 0.0146 e. The van der Waals surface area contributed by atoms with Crippen molar-refractivity contribution in [2.45, 2.75) is 76.0 Å². The summed E-state index contributed by atoms with van der Waals surface area (Å²) >= 11 is 3.77. The molecule has 0 aliphatic heterocycles.